The number of benzene rings is 3. The molecule has 0 aromatic heterocycles. The lowest BCUT2D eigenvalue weighted by molar-refractivity contribution is -0.122. The molecular formula is C23H24N2O5S. The van der Waals surface area contributed by atoms with Crippen LogP contribution in [0.2, 0.25) is 0 Å². The maximum atomic E-state index is 12.7. The van der Waals surface area contributed by atoms with Crippen LogP contribution in [0.25, 0.3) is 10.8 Å². The zero-order valence-corrected chi connectivity index (χ0v) is 18.0. The third kappa shape index (κ3) is 4.71. The molecule has 1 fully saturated rings. The van der Waals surface area contributed by atoms with Gasteiger partial charge in [0.1, 0.15) is 5.75 Å². The molecule has 4 rings (SSSR count). The van der Waals surface area contributed by atoms with Crippen molar-refractivity contribution in [2.24, 2.45) is 0 Å². The SMILES string of the molecule is C[C@@H](Oc1cccc2ccccc12)C(=O)Nc1ccc(S(=O)(=O)N2CCOCC2)cc1. The van der Waals surface area contributed by atoms with Crippen LogP contribution in [0.4, 0.5) is 5.69 Å². The largest absolute Gasteiger partial charge is 0.480 e. The third-order valence-electron chi connectivity index (χ3n) is 5.15. The Hall–Kier alpha value is -2.94. The minimum absolute atomic E-state index is 0.187. The van der Waals surface area contributed by atoms with Crippen LogP contribution in [0.15, 0.2) is 71.6 Å². The van der Waals surface area contributed by atoms with Crippen LogP contribution in [0.1, 0.15) is 6.92 Å². The average Bonchev–Trinajstić information content (AvgIpc) is 2.80. The lowest BCUT2D eigenvalue weighted by Gasteiger charge is -2.26. The molecule has 1 amide bonds. The molecule has 7 nitrogen and oxygen atoms in total. The summed E-state index contributed by atoms with van der Waals surface area (Å²) >= 11 is 0. The highest BCUT2D eigenvalue weighted by molar-refractivity contribution is 7.89. The van der Waals surface area contributed by atoms with E-state index >= 15 is 0 Å². The molecule has 3 aromatic carbocycles. The van der Waals surface area contributed by atoms with Gasteiger partial charge >= 0.3 is 0 Å². The molecule has 162 valence electrons. The van der Waals surface area contributed by atoms with Crippen molar-refractivity contribution < 1.29 is 22.7 Å². The minimum atomic E-state index is -3.57. The predicted molar refractivity (Wildman–Crippen MR) is 119 cm³/mol. The quantitative estimate of drug-likeness (QED) is 0.636. The van der Waals surface area contributed by atoms with Crippen LogP contribution in [0.3, 0.4) is 0 Å². The van der Waals surface area contributed by atoms with Crippen LogP contribution < -0.4 is 10.1 Å². The monoisotopic (exact) mass is 440 g/mol. The molecule has 8 heteroatoms. The zero-order valence-electron chi connectivity index (χ0n) is 17.2. The summed E-state index contributed by atoms with van der Waals surface area (Å²) in [6.45, 7) is 3.13. The smallest absolute Gasteiger partial charge is 0.265 e. The van der Waals surface area contributed by atoms with E-state index in [1.807, 2.05) is 42.5 Å². The first-order valence-corrected chi connectivity index (χ1v) is 11.5. The van der Waals surface area contributed by atoms with Crippen molar-refractivity contribution in [2.45, 2.75) is 17.9 Å². The van der Waals surface area contributed by atoms with Gasteiger partial charge in [-0.05, 0) is 42.6 Å². The fraction of sp³-hybridized carbons (Fsp3) is 0.261. The van der Waals surface area contributed by atoms with Crippen molar-refractivity contribution >= 4 is 32.4 Å². The number of amides is 1. The second-order valence-corrected chi connectivity index (χ2v) is 9.21. The van der Waals surface area contributed by atoms with Gasteiger partial charge in [0.25, 0.3) is 5.91 Å². The highest BCUT2D eigenvalue weighted by Crippen LogP contribution is 2.26. The molecular weight excluding hydrogens is 416 g/mol. The van der Waals surface area contributed by atoms with Gasteiger partial charge in [-0.1, -0.05) is 36.4 Å². The summed E-state index contributed by atoms with van der Waals surface area (Å²) in [5.74, 6) is 0.310. The number of rotatable bonds is 6. The molecule has 0 unspecified atom stereocenters. The normalized spacial score (nSPS) is 16.0. The first-order valence-electron chi connectivity index (χ1n) is 10.1. The molecule has 0 radical (unpaired) electrons. The molecule has 0 aliphatic carbocycles. The summed E-state index contributed by atoms with van der Waals surface area (Å²) < 4.78 is 37.9. The standard InChI is InChI=1S/C23H24N2O5S/c1-17(30-22-8-4-6-18-5-2-3-7-21(18)22)23(26)24-19-9-11-20(12-10-19)31(27,28)25-13-15-29-16-14-25/h2-12,17H,13-16H2,1H3,(H,24,26)/t17-/m1/s1. The first kappa shape index (κ1) is 21.3. The van der Waals surface area contributed by atoms with Gasteiger partial charge in [-0.25, -0.2) is 8.42 Å². The first-order chi connectivity index (χ1) is 14.9. The van der Waals surface area contributed by atoms with E-state index in [9.17, 15) is 13.2 Å². The summed E-state index contributed by atoms with van der Waals surface area (Å²) in [6, 6.07) is 19.7. The zero-order chi connectivity index (χ0) is 21.8. The van der Waals surface area contributed by atoms with Crippen LogP contribution in [-0.2, 0) is 19.6 Å². The van der Waals surface area contributed by atoms with Crippen LogP contribution in [0.5, 0.6) is 5.75 Å². The topological polar surface area (TPSA) is 84.9 Å². The van der Waals surface area contributed by atoms with Crippen molar-refractivity contribution in [3.05, 3.63) is 66.7 Å². The minimum Gasteiger partial charge on any atom is -0.480 e. The van der Waals surface area contributed by atoms with Crippen molar-refractivity contribution in [1.29, 1.82) is 0 Å². The maximum absolute atomic E-state index is 12.7. The maximum Gasteiger partial charge on any atom is 0.265 e. The molecule has 1 heterocycles. The molecule has 3 aromatic rings. The van der Waals surface area contributed by atoms with Crippen molar-refractivity contribution in [2.75, 3.05) is 31.6 Å². The van der Waals surface area contributed by atoms with Gasteiger partial charge in [-0.15, -0.1) is 0 Å². The number of hydrogen-bond acceptors (Lipinski definition) is 5. The van der Waals surface area contributed by atoms with Gasteiger partial charge in [-0.2, -0.15) is 4.31 Å². The van der Waals surface area contributed by atoms with E-state index in [0.29, 0.717) is 37.7 Å². The van der Waals surface area contributed by atoms with E-state index in [1.165, 1.54) is 16.4 Å². The predicted octanol–water partition coefficient (Wildman–Crippen LogP) is 3.27. The Morgan fingerprint density at radius 3 is 2.42 bits per heavy atom. The molecule has 1 atom stereocenters. The summed E-state index contributed by atoms with van der Waals surface area (Å²) in [5.41, 5.74) is 0.499. The van der Waals surface area contributed by atoms with Gasteiger partial charge in [0.2, 0.25) is 10.0 Å². The number of sulfonamides is 1. The van der Waals surface area contributed by atoms with E-state index in [-0.39, 0.29) is 10.8 Å². The lowest BCUT2D eigenvalue weighted by atomic mass is 10.1. The highest BCUT2D eigenvalue weighted by Gasteiger charge is 2.26. The molecule has 1 aliphatic rings. The Kier molecular flexibility index (Phi) is 6.22. The molecule has 31 heavy (non-hydrogen) atoms. The molecule has 1 N–H and O–H groups in total. The van der Waals surface area contributed by atoms with E-state index < -0.39 is 16.1 Å². The number of hydrogen-bond donors (Lipinski definition) is 1. The molecule has 1 aliphatic heterocycles. The molecule has 0 bridgehead atoms. The Morgan fingerprint density at radius 1 is 1.00 bits per heavy atom. The number of morpholine rings is 1. The number of fused-ring (bicyclic) bond motifs is 1. The second-order valence-electron chi connectivity index (χ2n) is 7.27. The van der Waals surface area contributed by atoms with E-state index in [4.69, 9.17) is 9.47 Å². The van der Waals surface area contributed by atoms with E-state index in [0.717, 1.165) is 10.8 Å². The summed E-state index contributed by atoms with van der Waals surface area (Å²) in [4.78, 5) is 12.8. The number of anilines is 1. The van der Waals surface area contributed by atoms with Crippen molar-refractivity contribution in [1.82, 2.24) is 4.31 Å². The third-order valence-corrected chi connectivity index (χ3v) is 7.07. The van der Waals surface area contributed by atoms with Crippen molar-refractivity contribution in [3.63, 3.8) is 0 Å². The van der Waals surface area contributed by atoms with Crippen molar-refractivity contribution in [3.8, 4) is 5.75 Å². The van der Waals surface area contributed by atoms with Crippen LogP contribution in [0, 0.1) is 0 Å². The van der Waals surface area contributed by atoms with Gasteiger partial charge in [0.05, 0.1) is 18.1 Å². The summed E-state index contributed by atoms with van der Waals surface area (Å²) in [6.07, 6.45) is -0.734. The second kappa shape index (κ2) is 9.05. The van der Waals surface area contributed by atoms with Gasteiger partial charge in [0.15, 0.2) is 6.10 Å². The number of ether oxygens (including phenoxy) is 2. The number of carbonyl (C=O) groups is 1. The summed E-state index contributed by atoms with van der Waals surface area (Å²) in [7, 11) is -3.57. The number of carbonyl (C=O) groups excluding carboxylic acids is 1. The molecule has 1 saturated heterocycles. The Labute approximate surface area is 181 Å². The van der Waals surface area contributed by atoms with Gasteiger partial charge < -0.3 is 14.8 Å². The fourth-order valence-electron chi connectivity index (χ4n) is 3.43. The lowest BCUT2D eigenvalue weighted by Crippen LogP contribution is -2.40. The molecule has 0 spiro atoms. The van der Waals surface area contributed by atoms with Crippen LogP contribution in [-0.4, -0.2) is 51.0 Å². The fourth-order valence-corrected chi connectivity index (χ4v) is 4.84. The van der Waals surface area contributed by atoms with E-state index in [2.05, 4.69) is 5.32 Å². The number of nitrogens with zero attached hydrogens (tertiary/aromatic N) is 1. The highest BCUT2D eigenvalue weighted by atomic mass is 32.2. The summed E-state index contributed by atoms with van der Waals surface area (Å²) in [5, 5.41) is 4.74. The average molecular weight is 441 g/mol. The Morgan fingerprint density at radius 2 is 1.68 bits per heavy atom. The van der Waals surface area contributed by atoms with Gasteiger partial charge in [-0.3, -0.25) is 4.79 Å². The van der Waals surface area contributed by atoms with Crippen LogP contribution >= 0.6 is 0 Å². The Balaban J connectivity index is 1.42. The molecule has 0 saturated carbocycles. The number of nitrogens with one attached hydrogen (secondary N) is 1. The Bertz CT molecular complexity index is 1170. The van der Waals surface area contributed by atoms with Gasteiger partial charge in [0, 0.05) is 24.2 Å². The van der Waals surface area contributed by atoms with E-state index in [1.54, 1.807) is 19.1 Å².